The predicted octanol–water partition coefficient (Wildman–Crippen LogP) is 3.61. The third-order valence-corrected chi connectivity index (χ3v) is 5.99. The molecule has 1 amide bonds. The second-order valence-corrected chi connectivity index (χ2v) is 7.56. The van der Waals surface area contributed by atoms with Gasteiger partial charge in [-0.1, -0.05) is 36.8 Å². The van der Waals surface area contributed by atoms with E-state index in [0.717, 1.165) is 17.6 Å². The van der Waals surface area contributed by atoms with Gasteiger partial charge in [0.15, 0.2) is 0 Å². The summed E-state index contributed by atoms with van der Waals surface area (Å²) in [6.07, 6.45) is 5.26. The molecular weight excluding hydrogens is 266 g/mol. The zero-order valence-corrected chi connectivity index (χ0v) is 12.9. The number of thioether (sulfide) groups is 1. The van der Waals surface area contributed by atoms with Crippen molar-refractivity contribution in [3.63, 3.8) is 0 Å². The van der Waals surface area contributed by atoms with E-state index in [1.807, 2.05) is 13.0 Å². The zero-order valence-electron chi connectivity index (χ0n) is 12.0. The Morgan fingerprint density at radius 2 is 2.10 bits per heavy atom. The molecule has 1 aromatic carbocycles. The van der Waals surface area contributed by atoms with Gasteiger partial charge in [0.1, 0.15) is 0 Å². The fourth-order valence-electron chi connectivity index (χ4n) is 3.59. The number of rotatable bonds is 5. The van der Waals surface area contributed by atoms with E-state index in [2.05, 4.69) is 29.6 Å². The zero-order chi connectivity index (χ0) is 13.9. The van der Waals surface area contributed by atoms with Gasteiger partial charge in [-0.25, -0.2) is 0 Å². The van der Waals surface area contributed by atoms with Crippen LogP contribution in [0.1, 0.15) is 38.2 Å². The Morgan fingerprint density at radius 1 is 1.30 bits per heavy atom. The molecule has 1 N–H and O–H groups in total. The normalized spacial score (nSPS) is 29.4. The third kappa shape index (κ3) is 3.20. The van der Waals surface area contributed by atoms with Crippen LogP contribution in [0.15, 0.2) is 30.3 Å². The monoisotopic (exact) mass is 289 g/mol. The highest BCUT2D eigenvalue weighted by molar-refractivity contribution is 7.99. The van der Waals surface area contributed by atoms with Crippen LogP contribution in [0.3, 0.4) is 0 Å². The first-order chi connectivity index (χ1) is 9.72. The van der Waals surface area contributed by atoms with Crippen molar-refractivity contribution < 1.29 is 4.79 Å². The van der Waals surface area contributed by atoms with Crippen molar-refractivity contribution in [1.29, 1.82) is 0 Å². The van der Waals surface area contributed by atoms with Crippen molar-refractivity contribution in [2.75, 3.05) is 0 Å². The Kier molecular flexibility index (Phi) is 4.35. The van der Waals surface area contributed by atoms with Crippen LogP contribution >= 0.6 is 11.8 Å². The van der Waals surface area contributed by atoms with E-state index in [1.165, 1.54) is 31.2 Å². The molecule has 3 rings (SSSR count). The molecule has 2 bridgehead atoms. The average molecular weight is 289 g/mol. The van der Waals surface area contributed by atoms with Crippen molar-refractivity contribution in [1.82, 2.24) is 5.32 Å². The Labute approximate surface area is 125 Å². The van der Waals surface area contributed by atoms with E-state index in [9.17, 15) is 4.79 Å². The molecule has 4 atom stereocenters. The smallest absolute Gasteiger partial charge is 0.233 e. The van der Waals surface area contributed by atoms with Crippen LogP contribution in [-0.4, -0.2) is 17.2 Å². The molecule has 3 heteroatoms. The average Bonchev–Trinajstić information content (AvgIpc) is 3.08. The van der Waals surface area contributed by atoms with Gasteiger partial charge in [-0.2, -0.15) is 0 Å². The van der Waals surface area contributed by atoms with E-state index in [-0.39, 0.29) is 11.2 Å². The Hall–Kier alpha value is -0.960. The number of hydrogen-bond donors (Lipinski definition) is 1. The molecule has 2 saturated carbocycles. The number of hydrogen-bond acceptors (Lipinski definition) is 2. The first-order valence-corrected chi connectivity index (χ1v) is 8.73. The molecule has 0 aliphatic heterocycles. The SMILES string of the molecule is CC(SCc1ccccc1)C(=O)N[C@@H]1C[C@H]2CC[C@@H]1C2. The molecular formula is C17H23NOS. The lowest BCUT2D eigenvalue weighted by Crippen LogP contribution is -2.42. The molecule has 2 aliphatic carbocycles. The summed E-state index contributed by atoms with van der Waals surface area (Å²) in [5.74, 6) is 2.78. The van der Waals surface area contributed by atoms with E-state index in [4.69, 9.17) is 0 Å². The van der Waals surface area contributed by atoms with Gasteiger partial charge in [0, 0.05) is 11.8 Å². The van der Waals surface area contributed by atoms with Crippen LogP contribution in [0.5, 0.6) is 0 Å². The highest BCUT2D eigenvalue weighted by Crippen LogP contribution is 2.44. The van der Waals surface area contributed by atoms with Gasteiger partial charge in [0.25, 0.3) is 0 Å². The lowest BCUT2D eigenvalue weighted by molar-refractivity contribution is -0.121. The second-order valence-electron chi connectivity index (χ2n) is 6.23. The molecule has 0 radical (unpaired) electrons. The van der Waals surface area contributed by atoms with Crippen LogP contribution in [0, 0.1) is 11.8 Å². The summed E-state index contributed by atoms with van der Waals surface area (Å²) < 4.78 is 0. The number of benzene rings is 1. The summed E-state index contributed by atoms with van der Waals surface area (Å²) in [6.45, 7) is 2.02. The van der Waals surface area contributed by atoms with Gasteiger partial charge >= 0.3 is 0 Å². The largest absolute Gasteiger partial charge is 0.352 e. The molecule has 2 aliphatic rings. The Balaban J connectivity index is 1.45. The van der Waals surface area contributed by atoms with E-state index < -0.39 is 0 Å². The van der Waals surface area contributed by atoms with Crippen LogP contribution in [0.2, 0.25) is 0 Å². The summed E-state index contributed by atoms with van der Waals surface area (Å²) in [6, 6.07) is 10.8. The second kappa shape index (κ2) is 6.21. The quantitative estimate of drug-likeness (QED) is 0.897. The number of carbonyl (C=O) groups is 1. The number of amides is 1. The number of fused-ring (bicyclic) bond motifs is 2. The minimum Gasteiger partial charge on any atom is -0.352 e. The van der Waals surface area contributed by atoms with Gasteiger partial charge in [0.2, 0.25) is 5.91 Å². The van der Waals surface area contributed by atoms with Crippen molar-refractivity contribution in [3.05, 3.63) is 35.9 Å². The Morgan fingerprint density at radius 3 is 2.75 bits per heavy atom. The van der Waals surface area contributed by atoms with Crippen molar-refractivity contribution in [2.24, 2.45) is 11.8 Å². The summed E-state index contributed by atoms with van der Waals surface area (Å²) in [7, 11) is 0. The van der Waals surface area contributed by atoms with Crippen LogP contribution in [0.4, 0.5) is 0 Å². The molecule has 2 fully saturated rings. The van der Waals surface area contributed by atoms with E-state index >= 15 is 0 Å². The number of nitrogens with one attached hydrogen (secondary N) is 1. The van der Waals surface area contributed by atoms with Crippen LogP contribution < -0.4 is 5.32 Å². The molecule has 0 heterocycles. The van der Waals surface area contributed by atoms with Gasteiger partial charge in [-0.05, 0) is 43.6 Å². The fraction of sp³-hybridized carbons (Fsp3) is 0.588. The highest BCUT2D eigenvalue weighted by Gasteiger charge is 2.40. The summed E-state index contributed by atoms with van der Waals surface area (Å²) in [4.78, 5) is 12.3. The molecule has 0 saturated heterocycles. The van der Waals surface area contributed by atoms with Crippen LogP contribution in [-0.2, 0) is 10.5 Å². The molecule has 108 valence electrons. The minimum absolute atomic E-state index is 0.0364. The minimum atomic E-state index is 0.0364. The van der Waals surface area contributed by atoms with Gasteiger partial charge in [-0.15, -0.1) is 11.8 Å². The van der Waals surface area contributed by atoms with E-state index in [0.29, 0.717) is 6.04 Å². The summed E-state index contributed by atoms with van der Waals surface area (Å²) in [5, 5.41) is 3.32. The first-order valence-electron chi connectivity index (χ1n) is 7.68. The molecule has 0 aromatic heterocycles. The molecule has 20 heavy (non-hydrogen) atoms. The van der Waals surface area contributed by atoms with Crippen molar-refractivity contribution in [3.8, 4) is 0 Å². The van der Waals surface area contributed by atoms with Gasteiger partial charge in [-0.3, -0.25) is 4.79 Å². The first kappa shape index (κ1) is 14.0. The van der Waals surface area contributed by atoms with Crippen molar-refractivity contribution in [2.45, 2.75) is 49.7 Å². The maximum absolute atomic E-state index is 12.3. The third-order valence-electron chi connectivity index (χ3n) is 4.78. The lowest BCUT2D eigenvalue weighted by atomic mass is 9.95. The van der Waals surface area contributed by atoms with Gasteiger partial charge < -0.3 is 5.32 Å². The topological polar surface area (TPSA) is 29.1 Å². The Bertz CT molecular complexity index is 461. The highest BCUT2D eigenvalue weighted by atomic mass is 32.2. The molecule has 1 aromatic rings. The summed E-state index contributed by atoms with van der Waals surface area (Å²) >= 11 is 1.73. The summed E-state index contributed by atoms with van der Waals surface area (Å²) in [5.41, 5.74) is 1.29. The predicted molar refractivity (Wildman–Crippen MR) is 84.6 cm³/mol. The fourth-order valence-corrected chi connectivity index (χ4v) is 4.45. The molecule has 1 unspecified atom stereocenters. The maximum Gasteiger partial charge on any atom is 0.233 e. The lowest BCUT2D eigenvalue weighted by Gasteiger charge is -2.24. The maximum atomic E-state index is 12.3. The van der Waals surface area contributed by atoms with Gasteiger partial charge in [0.05, 0.1) is 5.25 Å². The van der Waals surface area contributed by atoms with Crippen LogP contribution in [0.25, 0.3) is 0 Å². The van der Waals surface area contributed by atoms with Crippen molar-refractivity contribution >= 4 is 17.7 Å². The standard InChI is InChI=1S/C17H23NOS/c1-12(20-11-13-5-3-2-4-6-13)17(19)18-16-10-14-7-8-15(16)9-14/h2-6,12,14-16H,7-11H2,1H3,(H,18,19)/t12?,14-,15+,16+/m0/s1. The molecule has 2 nitrogen and oxygen atoms in total. The molecule has 0 spiro atoms. The number of carbonyl (C=O) groups excluding carboxylic acids is 1. The van der Waals surface area contributed by atoms with E-state index in [1.54, 1.807) is 11.8 Å².